The first-order valence-electron chi connectivity index (χ1n) is 8.69. The molecule has 0 aliphatic carbocycles. The van der Waals surface area contributed by atoms with Crippen molar-refractivity contribution in [2.24, 2.45) is 7.05 Å². The van der Waals surface area contributed by atoms with Gasteiger partial charge in [-0.15, -0.1) is 0 Å². The maximum absolute atomic E-state index is 12.9. The molecule has 140 valence electrons. The summed E-state index contributed by atoms with van der Waals surface area (Å²) in [5.74, 6) is 0.590. The molecule has 0 radical (unpaired) electrons. The number of amides is 1. The second-order valence-electron chi connectivity index (χ2n) is 6.32. The van der Waals surface area contributed by atoms with Gasteiger partial charge in [-0.1, -0.05) is 0 Å². The minimum Gasteiger partial charge on any atom is -0.497 e. The molecule has 1 aliphatic rings. The Labute approximate surface area is 150 Å². The average molecular weight is 361 g/mol. The van der Waals surface area contributed by atoms with Crippen molar-refractivity contribution in [3.05, 3.63) is 39.0 Å². The molecule has 2 aromatic rings. The molecule has 0 saturated carbocycles. The Morgan fingerprint density at radius 2 is 1.92 bits per heavy atom. The largest absolute Gasteiger partial charge is 0.497 e. The number of ether oxygens (including phenoxy) is 2. The fraction of sp³-hybridized carbons (Fsp3) is 0.500. The SMILES string of the molecule is CCOC(=O)N1CCC(n2c(=O)c3ccc(OC)cc3n(C)c2=O)CC1. The number of benzene rings is 1. The summed E-state index contributed by atoms with van der Waals surface area (Å²) >= 11 is 0. The van der Waals surface area contributed by atoms with Gasteiger partial charge >= 0.3 is 11.8 Å². The van der Waals surface area contributed by atoms with E-state index >= 15 is 0 Å². The number of rotatable bonds is 3. The number of aromatic nitrogens is 2. The third-order valence-corrected chi connectivity index (χ3v) is 4.86. The minimum atomic E-state index is -0.356. The number of carbonyl (C=O) groups excluding carboxylic acids is 1. The molecule has 8 heteroatoms. The normalized spacial score (nSPS) is 15.3. The van der Waals surface area contributed by atoms with Gasteiger partial charge in [-0.05, 0) is 31.9 Å². The predicted octanol–water partition coefficient (Wildman–Crippen LogP) is 1.50. The Hall–Kier alpha value is -2.77. The summed E-state index contributed by atoms with van der Waals surface area (Å²) in [6.45, 7) is 3.00. The quantitative estimate of drug-likeness (QED) is 0.827. The molecule has 0 bridgehead atoms. The zero-order valence-electron chi connectivity index (χ0n) is 15.2. The van der Waals surface area contributed by atoms with Crippen LogP contribution in [0.25, 0.3) is 10.9 Å². The number of methoxy groups -OCH3 is 1. The lowest BCUT2D eigenvalue weighted by Crippen LogP contribution is -2.46. The maximum atomic E-state index is 12.9. The van der Waals surface area contributed by atoms with E-state index in [1.54, 1.807) is 37.1 Å². The van der Waals surface area contributed by atoms with Gasteiger partial charge in [-0.25, -0.2) is 9.59 Å². The van der Waals surface area contributed by atoms with Crippen molar-refractivity contribution in [1.29, 1.82) is 0 Å². The van der Waals surface area contributed by atoms with Crippen LogP contribution in [0.2, 0.25) is 0 Å². The highest BCUT2D eigenvalue weighted by atomic mass is 16.6. The molecule has 1 aromatic heterocycles. The van der Waals surface area contributed by atoms with Crippen LogP contribution in [0.1, 0.15) is 25.8 Å². The van der Waals surface area contributed by atoms with E-state index in [1.165, 1.54) is 16.2 Å². The van der Waals surface area contributed by atoms with Crippen molar-refractivity contribution < 1.29 is 14.3 Å². The first-order chi connectivity index (χ1) is 12.5. The number of fused-ring (bicyclic) bond motifs is 1. The van der Waals surface area contributed by atoms with Gasteiger partial charge in [0, 0.05) is 32.2 Å². The number of hydrogen-bond donors (Lipinski definition) is 0. The van der Waals surface area contributed by atoms with Crippen molar-refractivity contribution >= 4 is 17.0 Å². The molecule has 1 aliphatic heterocycles. The number of hydrogen-bond acceptors (Lipinski definition) is 5. The molecule has 0 N–H and O–H groups in total. The number of likely N-dealkylation sites (tertiary alicyclic amines) is 1. The van der Waals surface area contributed by atoms with E-state index in [2.05, 4.69) is 0 Å². The van der Waals surface area contributed by atoms with E-state index in [0.29, 0.717) is 49.2 Å². The van der Waals surface area contributed by atoms with E-state index < -0.39 is 0 Å². The van der Waals surface area contributed by atoms with Gasteiger partial charge in [0.25, 0.3) is 5.56 Å². The van der Waals surface area contributed by atoms with Gasteiger partial charge in [0.15, 0.2) is 0 Å². The van der Waals surface area contributed by atoms with Crippen LogP contribution < -0.4 is 16.0 Å². The summed E-state index contributed by atoms with van der Waals surface area (Å²) < 4.78 is 13.0. The Bertz CT molecular complexity index is 938. The highest BCUT2D eigenvalue weighted by Crippen LogP contribution is 2.22. The summed E-state index contributed by atoms with van der Waals surface area (Å²) in [6, 6.07) is 4.84. The van der Waals surface area contributed by atoms with E-state index in [9.17, 15) is 14.4 Å². The van der Waals surface area contributed by atoms with Crippen LogP contribution in [0.4, 0.5) is 4.79 Å². The van der Waals surface area contributed by atoms with Crippen molar-refractivity contribution in [3.63, 3.8) is 0 Å². The summed E-state index contributed by atoms with van der Waals surface area (Å²) in [5, 5.41) is 0.473. The Balaban J connectivity index is 1.96. The van der Waals surface area contributed by atoms with Crippen LogP contribution in [0, 0.1) is 0 Å². The number of piperidine rings is 1. The summed E-state index contributed by atoms with van der Waals surface area (Å²) in [5.41, 5.74) is -0.120. The van der Waals surface area contributed by atoms with Gasteiger partial charge in [0.1, 0.15) is 5.75 Å². The fourth-order valence-electron chi connectivity index (χ4n) is 3.42. The van der Waals surface area contributed by atoms with Crippen LogP contribution in [0.15, 0.2) is 27.8 Å². The van der Waals surface area contributed by atoms with Crippen LogP contribution in [-0.4, -0.2) is 46.9 Å². The third kappa shape index (κ3) is 3.07. The molecule has 8 nitrogen and oxygen atoms in total. The van der Waals surface area contributed by atoms with Crippen molar-refractivity contribution in [2.75, 3.05) is 26.8 Å². The molecule has 1 fully saturated rings. The lowest BCUT2D eigenvalue weighted by molar-refractivity contribution is 0.0919. The van der Waals surface area contributed by atoms with Crippen LogP contribution in [0.3, 0.4) is 0 Å². The Morgan fingerprint density at radius 3 is 2.54 bits per heavy atom. The smallest absolute Gasteiger partial charge is 0.409 e. The molecule has 26 heavy (non-hydrogen) atoms. The number of aryl methyl sites for hydroxylation is 1. The molecule has 1 amide bonds. The lowest BCUT2D eigenvalue weighted by Gasteiger charge is -2.32. The van der Waals surface area contributed by atoms with Crippen molar-refractivity contribution in [2.45, 2.75) is 25.8 Å². The van der Waals surface area contributed by atoms with Gasteiger partial charge in [0.2, 0.25) is 0 Å². The van der Waals surface area contributed by atoms with Crippen LogP contribution >= 0.6 is 0 Å². The van der Waals surface area contributed by atoms with Crippen molar-refractivity contribution in [3.8, 4) is 5.75 Å². The third-order valence-electron chi connectivity index (χ3n) is 4.86. The highest BCUT2D eigenvalue weighted by molar-refractivity contribution is 5.79. The number of nitrogens with zero attached hydrogens (tertiary/aromatic N) is 3. The monoisotopic (exact) mass is 361 g/mol. The highest BCUT2D eigenvalue weighted by Gasteiger charge is 2.27. The predicted molar refractivity (Wildman–Crippen MR) is 96.9 cm³/mol. The van der Waals surface area contributed by atoms with Crippen LogP contribution in [0.5, 0.6) is 5.75 Å². The molecule has 1 aromatic carbocycles. The maximum Gasteiger partial charge on any atom is 0.409 e. The van der Waals surface area contributed by atoms with E-state index in [4.69, 9.17) is 9.47 Å². The average Bonchev–Trinajstić information content (AvgIpc) is 2.66. The molecule has 0 spiro atoms. The molecule has 1 saturated heterocycles. The zero-order valence-corrected chi connectivity index (χ0v) is 15.2. The Morgan fingerprint density at radius 1 is 1.23 bits per heavy atom. The van der Waals surface area contributed by atoms with E-state index in [-0.39, 0.29) is 23.4 Å². The molecular weight excluding hydrogens is 338 g/mol. The lowest BCUT2D eigenvalue weighted by atomic mass is 10.0. The molecule has 0 atom stereocenters. The van der Waals surface area contributed by atoms with E-state index in [1.807, 2.05) is 0 Å². The van der Waals surface area contributed by atoms with Gasteiger partial charge in [0.05, 0.1) is 24.6 Å². The minimum absolute atomic E-state index is 0.238. The molecular formula is C18H23N3O5. The van der Waals surface area contributed by atoms with Crippen LogP contribution in [-0.2, 0) is 11.8 Å². The second-order valence-corrected chi connectivity index (χ2v) is 6.32. The first-order valence-corrected chi connectivity index (χ1v) is 8.69. The van der Waals surface area contributed by atoms with E-state index in [0.717, 1.165) is 0 Å². The number of carbonyl (C=O) groups is 1. The standard InChI is InChI=1S/C18H23N3O5/c1-4-26-18(24)20-9-7-12(8-10-20)21-16(22)14-6-5-13(25-3)11-15(14)19(2)17(21)23/h5-6,11-12H,4,7-10H2,1-3H3. The molecule has 0 unspecified atom stereocenters. The Kier molecular flexibility index (Phi) is 5.01. The van der Waals surface area contributed by atoms with Gasteiger partial charge < -0.3 is 14.4 Å². The summed E-state index contributed by atoms with van der Waals surface area (Å²) in [7, 11) is 3.19. The van der Waals surface area contributed by atoms with Gasteiger partial charge in [-0.2, -0.15) is 0 Å². The van der Waals surface area contributed by atoms with Crippen molar-refractivity contribution in [1.82, 2.24) is 14.0 Å². The van der Waals surface area contributed by atoms with Gasteiger partial charge in [-0.3, -0.25) is 13.9 Å². The zero-order chi connectivity index (χ0) is 18.8. The molecule has 3 rings (SSSR count). The first kappa shape index (κ1) is 18.0. The fourth-order valence-corrected chi connectivity index (χ4v) is 3.42. The summed E-state index contributed by atoms with van der Waals surface area (Å²) in [4.78, 5) is 39.2. The summed E-state index contributed by atoms with van der Waals surface area (Å²) in [6.07, 6.45) is 0.724. The topological polar surface area (TPSA) is 82.8 Å². The second kappa shape index (κ2) is 7.23. The molecule has 2 heterocycles.